The number of hydrogen-bond acceptors (Lipinski definition) is 4. The minimum atomic E-state index is -0.100. The van der Waals surface area contributed by atoms with Crippen molar-refractivity contribution < 1.29 is 14.3 Å². The number of fused-ring (bicyclic) bond motifs is 2. The Hall–Kier alpha value is -3.35. The average Bonchev–Trinajstić information content (AvgIpc) is 3.54. The van der Waals surface area contributed by atoms with Crippen LogP contribution in [0.5, 0.6) is 5.75 Å². The Bertz CT molecular complexity index is 1210. The van der Waals surface area contributed by atoms with E-state index in [0.717, 1.165) is 35.2 Å². The van der Waals surface area contributed by atoms with Crippen LogP contribution in [0.3, 0.4) is 0 Å². The lowest BCUT2D eigenvalue weighted by Gasteiger charge is -2.31. The number of rotatable bonds is 4. The van der Waals surface area contributed by atoms with E-state index in [1.54, 1.807) is 7.11 Å². The van der Waals surface area contributed by atoms with Crippen LogP contribution < -0.4 is 10.1 Å². The monoisotopic (exact) mass is 444 g/mol. The highest BCUT2D eigenvalue weighted by Gasteiger charge is 2.46. The van der Waals surface area contributed by atoms with Gasteiger partial charge >= 0.3 is 0 Å². The molecule has 1 aliphatic carbocycles. The van der Waals surface area contributed by atoms with Crippen molar-refractivity contribution in [2.45, 2.75) is 62.7 Å². The molecule has 170 valence electrons. The normalized spacial score (nSPS) is 24.9. The Kier molecular flexibility index (Phi) is 4.85. The predicted octanol–water partition coefficient (Wildman–Crippen LogP) is 4.00. The zero-order valence-corrected chi connectivity index (χ0v) is 18.7. The molecule has 3 atom stereocenters. The zero-order chi connectivity index (χ0) is 22.5. The van der Waals surface area contributed by atoms with E-state index in [4.69, 9.17) is 4.74 Å². The molecule has 2 aromatic carbocycles. The summed E-state index contributed by atoms with van der Waals surface area (Å²) in [5.74, 6) is 0.869. The lowest BCUT2D eigenvalue weighted by atomic mass is 10.0. The fourth-order valence-electron chi connectivity index (χ4n) is 5.55. The molecule has 3 fully saturated rings. The molecule has 2 aliphatic heterocycles. The Morgan fingerprint density at radius 3 is 2.70 bits per heavy atom. The number of nitrogens with one attached hydrogen (secondary N) is 1. The van der Waals surface area contributed by atoms with Gasteiger partial charge in [-0.25, -0.2) is 4.98 Å². The third-order valence-electron chi connectivity index (χ3n) is 7.38. The first-order valence-corrected chi connectivity index (χ1v) is 11.8. The van der Waals surface area contributed by atoms with Crippen LogP contribution in [0.4, 0.5) is 0 Å². The SMILES string of the molecule is COc1ccc([C@H]2C[C@@H]3NC(=O)CCC[C@H]3N2C(=O)c2ccc3c(c2)ncn3C2CC2)cc1. The number of imidazole rings is 1. The second kappa shape index (κ2) is 7.90. The van der Waals surface area contributed by atoms with E-state index in [9.17, 15) is 9.59 Å². The summed E-state index contributed by atoms with van der Waals surface area (Å²) >= 11 is 0. The molecule has 3 aromatic rings. The van der Waals surface area contributed by atoms with Crippen LogP contribution in [0, 0.1) is 0 Å². The molecule has 1 N–H and O–H groups in total. The smallest absolute Gasteiger partial charge is 0.254 e. The summed E-state index contributed by atoms with van der Waals surface area (Å²) in [6, 6.07) is 14.2. The number of methoxy groups -OCH3 is 1. The second-order valence-electron chi connectivity index (χ2n) is 9.46. The standard InChI is InChI=1S/C26H28N4O3/c1-33-19-10-5-16(6-11-19)24-14-21-23(3-2-4-25(31)28-21)30(24)26(32)17-7-12-22-20(13-17)27-15-29(22)18-8-9-18/h5-7,10-13,15,18,21,23-24H,2-4,8-9,14H2,1H3,(H,28,31)/t21-,23+,24+/m0/s1. The number of hydrogen-bond donors (Lipinski definition) is 1. The highest BCUT2D eigenvalue weighted by molar-refractivity contribution is 5.98. The van der Waals surface area contributed by atoms with Gasteiger partial charge < -0.3 is 19.5 Å². The molecule has 33 heavy (non-hydrogen) atoms. The first-order valence-electron chi connectivity index (χ1n) is 11.8. The summed E-state index contributed by atoms with van der Waals surface area (Å²) in [6.07, 6.45) is 7.12. The topological polar surface area (TPSA) is 76.5 Å². The number of carbonyl (C=O) groups excluding carboxylic acids is 2. The van der Waals surface area contributed by atoms with Crippen LogP contribution in [-0.4, -0.2) is 45.5 Å². The average molecular weight is 445 g/mol. The van der Waals surface area contributed by atoms with Gasteiger partial charge in [0.05, 0.1) is 42.6 Å². The van der Waals surface area contributed by atoms with Crippen molar-refractivity contribution in [3.8, 4) is 5.75 Å². The summed E-state index contributed by atoms with van der Waals surface area (Å²) in [6.45, 7) is 0. The van der Waals surface area contributed by atoms with Gasteiger partial charge in [-0.2, -0.15) is 0 Å². The Morgan fingerprint density at radius 1 is 1.12 bits per heavy atom. The fourth-order valence-corrected chi connectivity index (χ4v) is 5.55. The Balaban J connectivity index is 1.37. The number of aromatic nitrogens is 2. The van der Waals surface area contributed by atoms with E-state index < -0.39 is 0 Å². The molecular formula is C26H28N4O3. The van der Waals surface area contributed by atoms with E-state index in [1.165, 1.54) is 12.8 Å². The molecule has 0 bridgehead atoms. The maximum Gasteiger partial charge on any atom is 0.254 e. The van der Waals surface area contributed by atoms with E-state index in [0.29, 0.717) is 24.4 Å². The molecule has 2 amide bonds. The van der Waals surface area contributed by atoms with E-state index in [-0.39, 0.29) is 29.9 Å². The molecule has 7 nitrogen and oxygen atoms in total. The van der Waals surface area contributed by atoms with Crippen molar-refractivity contribution in [2.24, 2.45) is 0 Å². The van der Waals surface area contributed by atoms with Gasteiger partial charge in [-0.1, -0.05) is 12.1 Å². The zero-order valence-electron chi connectivity index (χ0n) is 18.7. The van der Waals surface area contributed by atoms with E-state index in [2.05, 4.69) is 14.9 Å². The molecule has 3 heterocycles. The molecule has 2 saturated heterocycles. The predicted molar refractivity (Wildman–Crippen MR) is 124 cm³/mol. The number of benzene rings is 2. The molecule has 0 spiro atoms. The lowest BCUT2D eigenvalue weighted by molar-refractivity contribution is -0.121. The van der Waals surface area contributed by atoms with Gasteiger partial charge in [-0.15, -0.1) is 0 Å². The maximum absolute atomic E-state index is 14.0. The van der Waals surface area contributed by atoms with Gasteiger partial charge in [0, 0.05) is 18.0 Å². The van der Waals surface area contributed by atoms with Crippen molar-refractivity contribution in [1.82, 2.24) is 19.8 Å². The summed E-state index contributed by atoms with van der Waals surface area (Å²) in [4.78, 5) is 32.8. The number of amides is 2. The Labute approximate surface area is 192 Å². The molecule has 0 radical (unpaired) electrons. The summed E-state index contributed by atoms with van der Waals surface area (Å²) in [5.41, 5.74) is 3.66. The van der Waals surface area contributed by atoms with Crippen LogP contribution in [0.1, 0.15) is 66.5 Å². The van der Waals surface area contributed by atoms with Crippen LogP contribution >= 0.6 is 0 Å². The number of nitrogens with zero attached hydrogens (tertiary/aromatic N) is 3. The van der Waals surface area contributed by atoms with Crippen LogP contribution in [0.2, 0.25) is 0 Å². The number of carbonyl (C=O) groups is 2. The minimum Gasteiger partial charge on any atom is -0.497 e. The van der Waals surface area contributed by atoms with E-state index >= 15 is 0 Å². The van der Waals surface area contributed by atoms with Crippen molar-refractivity contribution >= 4 is 22.8 Å². The quantitative estimate of drug-likeness (QED) is 0.660. The number of likely N-dealkylation sites (tertiary alicyclic amines) is 1. The van der Waals surface area contributed by atoms with Crippen molar-refractivity contribution in [3.05, 3.63) is 59.9 Å². The van der Waals surface area contributed by atoms with Gasteiger partial charge in [0.25, 0.3) is 5.91 Å². The number of ether oxygens (including phenoxy) is 1. The summed E-state index contributed by atoms with van der Waals surface area (Å²) in [5, 5.41) is 3.18. The summed E-state index contributed by atoms with van der Waals surface area (Å²) < 4.78 is 7.54. The van der Waals surface area contributed by atoms with Crippen LogP contribution in [0.15, 0.2) is 48.8 Å². The van der Waals surface area contributed by atoms with Crippen molar-refractivity contribution in [3.63, 3.8) is 0 Å². The third-order valence-corrected chi connectivity index (χ3v) is 7.38. The molecule has 6 rings (SSSR count). The highest BCUT2D eigenvalue weighted by Crippen LogP contribution is 2.41. The fraction of sp³-hybridized carbons (Fsp3) is 0.423. The van der Waals surface area contributed by atoms with Crippen molar-refractivity contribution in [1.29, 1.82) is 0 Å². The van der Waals surface area contributed by atoms with E-state index in [1.807, 2.05) is 53.7 Å². The second-order valence-corrected chi connectivity index (χ2v) is 9.46. The summed E-state index contributed by atoms with van der Waals surface area (Å²) in [7, 11) is 1.65. The highest BCUT2D eigenvalue weighted by atomic mass is 16.5. The van der Waals surface area contributed by atoms with Crippen molar-refractivity contribution in [2.75, 3.05) is 7.11 Å². The third kappa shape index (κ3) is 3.56. The van der Waals surface area contributed by atoms with Gasteiger partial charge in [-0.05, 0) is 68.0 Å². The molecule has 1 saturated carbocycles. The van der Waals surface area contributed by atoms with Crippen LogP contribution in [-0.2, 0) is 4.79 Å². The van der Waals surface area contributed by atoms with Gasteiger partial charge in [0.2, 0.25) is 5.91 Å². The molecule has 7 heteroatoms. The van der Waals surface area contributed by atoms with Gasteiger partial charge in [-0.3, -0.25) is 9.59 Å². The van der Waals surface area contributed by atoms with Gasteiger partial charge in [0.15, 0.2) is 0 Å². The molecular weight excluding hydrogens is 416 g/mol. The first kappa shape index (κ1) is 20.3. The van der Waals surface area contributed by atoms with Crippen LogP contribution in [0.25, 0.3) is 11.0 Å². The Morgan fingerprint density at radius 2 is 1.94 bits per heavy atom. The minimum absolute atomic E-state index is 0.00217. The van der Waals surface area contributed by atoms with Gasteiger partial charge in [0.1, 0.15) is 5.75 Å². The largest absolute Gasteiger partial charge is 0.497 e. The maximum atomic E-state index is 14.0. The molecule has 0 unspecified atom stereocenters. The molecule has 1 aromatic heterocycles. The first-order chi connectivity index (χ1) is 16.1. The lowest BCUT2D eigenvalue weighted by Crippen LogP contribution is -2.45. The molecule has 3 aliphatic rings.